The van der Waals surface area contributed by atoms with Crippen LogP contribution in [0.15, 0.2) is 42.0 Å². The largest absolute Gasteiger partial charge is 0.490 e. The number of rotatable bonds is 7. The molecule has 0 heterocycles. The summed E-state index contributed by atoms with van der Waals surface area (Å²) in [6, 6.07) is 9.55. The molecule has 0 aromatic heterocycles. The minimum atomic E-state index is -0.957. The summed E-state index contributed by atoms with van der Waals surface area (Å²) in [6.07, 6.45) is 12.8. The van der Waals surface area contributed by atoms with Gasteiger partial charge in [0.05, 0.1) is 0 Å². The van der Waals surface area contributed by atoms with Crippen LogP contribution in [0.25, 0.3) is 0 Å². The lowest BCUT2D eigenvalue weighted by molar-refractivity contribution is 0.177. The van der Waals surface area contributed by atoms with Crippen molar-refractivity contribution in [3.05, 3.63) is 42.0 Å². The number of ether oxygens (including phenoxy) is 1. The molecule has 25 heavy (non-hydrogen) atoms. The molecule has 0 saturated heterocycles. The molecule has 0 radical (unpaired) electrons. The summed E-state index contributed by atoms with van der Waals surface area (Å²) < 4.78 is 20.1. The average molecular weight is 345 g/mol. The van der Waals surface area contributed by atoms with E-state index < -0.39 is 6.17 Å². The minimum Gasteiger partial charge on any atom is -0.490 e. The van der Waals surface area contributed by atoms with Gasteiger partial charge in [0.2, 0.25) is 0 Å². The molecule has 2 aliphatic carbocycles. The molecule has 2 atom stereocenters. The van der Waals surface area contributed by atoms with Crippen LogP contribution in [0.4, 0.5) is 4.39 Å². The summed E-state index contributed by atoms with van der Waals surface area (Å²) in [6.45, 7) is 2.44. The second-order valence-corrected chi connectivity index (χ2v) is 7.97. The zero-order chi connectivity index (χ0) is 17.5. The zero-order valence-electron chi connectivity index (χ0n) is 15.6. The Kier molecular flexibility index (Phi) is 6.95. The van der Waals surface area contributed by atoms with Gasteiger partial charge in [-0.05, 0) is 67.6 Å². The van der Waals surface area contributed by atoms with Crippen molar-refractivity contribution in [2.45, 2.75) is 70.9 Å². The third-order valence-electron chi connectivity index (χ3n) is 6.28. The van der Waals surface area contributed by atoms with E-state index in [9.17, 15) is 4.39 Å². The lowest BCUT2D eigenvalue weighted by atomic mass is 9.70. The number of benzene rings is 1. The molecule has 2 heteroatoms. The van der Waals surface area contributed by atoms with Crippen LogP contribution in [-0.2, 0) is 0 Å². The Morgan fingerprint density at radius 2 is 1.80 bits per heavy atom. The van der Waals surface area contributed by atoms with Crippen LogP contribution in [0.1, 0.15) is 64.7 Å². The summed E-state index contributed by atoms with van der Waals surface area (Å²) in [5.41, 5.74) is 0.965. The Hall–Kier alpha value is -1.31. The summed E-state index contributed by atoms with van der Waals surface area (Å²) in [5.74, 6) is 3.39. The highest BCUT2D eigenvalue weighted by Crippen LogP contribution is 2.41. The lowest BCUT2D eigenvalue weighted by Gasteiger charge is -2.35. The van der Waals surface area contributed by atoms with Crippen molar-refractivity contribution in [3.63, 3.8) is 0 Å². The third kappa shape index (κ3) is 5.33. The van der Waals surface area contributed by atoms with E-state index in [2.05, 4.69) is 13.0 Å². The van der Waals surface area contributed by atoms with Gasteiger partial charge in [0.15, 0.2) is 6.17 Å². The highest BCUT2D eigenvalue weighted by molar-refractivity contribution is 5.21. The zero-order valence-corrected chi connectivity index (χ0v) is 15.6. The van der Waals surface area contributed by atoms with Crippen molar-refractivity contribution in [2.75, 3.05) is 6.61 Å². The van der Waals surface area contributed by atoms with Crippen molar-refractivity contribution in [1.82, 2.24) is 0 Å². The molecule has 0 spiro atoms. The third-order valence-corrected chi connectivity index (χ3v) is 6.28. The quantitative estimate of drug-likeness (QED) is 0.498. The fraction of sp³-hybridized carbons (Fsp3) is 0.652. The smallest absolute Gasteiger partial charge is 0.155 e. The molecule has 1 aromatic rings. The summed E-state index contributed by atoms with van der Waals surface area (Å²) >= 11 is 0. The topological polar surface area (TPSA) is 9.23 Å². The normalized spacial score (nSPS) is 28.2. The van der Waals surface area contributed by atoms with Gasteiger partial charge in [-0.15, -0.1) is 0 Å². The molecule has 0 amide bonds. The van der Waals surface area contributed by atoms with Gasteiger partial charge in [-0.25, -0.2) is 4.39 Å². The first-order valence-corrected chi connectivity index (χ1v) is 10.3. The molecule has 1 aromatic carbocycles. The van der Waals surface area contributed by atoms with Crippen molar-refractivity contribution in [1.29, 1.82) is 0 Å². The van der Waals surface area contributed by atoms with Crippen molar-refractivity contribution in [3.8, 4) is 5.75 Å². The van der Waals surface area contributed by atoms with Crippen LogP contribution in [0.2, 0.25) is 0 Å². The summed E-state index contributed by atoms with van der Waals surface area (Å²) in [4.78, 5) is 0. The van der Waals surface area contributed by atoms with E-state index in [4.69, 9.17) is 4.74 Å². The fourth-order valence-corrected chi connectivity index (χ4v) is 4.74. The van der Waals surface area contributed by atoms with Gasteiger partial charge in [0.25, 0.3) is 0 Å². The molecule has 0 aliphatic heterocycles. The number of alkyl halides is 1. The van der Waals surface area contributed by atoms with Crippen LogP contribution >= 0.6 is 0 Å². The average Bonchev–Trinajstić information content (AvgIpc) is 2.68. The van der Waals surface area contributed by atoms with Crippen molar-refractivity contribution >= 4 is 0 Å². The molecule has 3 rings (SSSR count). The molecular weight excluding hydrogens is 311 g/mol. The van der Waals surface area contributed by atoms with Crippen LogP contribution in [-0.4, -0.2) is 12.8 Å². The Bertz CT molecular complexity index is 530. The maximum absolute atomic E-state index is 14.5. The minimum absolute atomic E-state index is 0.142. The van der Waals surface area contributed by atoms with Gasteiger partial charge in [-0.1, -0.05) is 56.9 Å². The van der Waals surface area contributed by atoms with E-state index in [0.717, 1.165) is 41.9 Å². The van der Waals surface area contributed by atoms with Gasteiger partial charge in [0, 0.05) is 0 Å². The molecule has 0 bridgehead atoms. The number of allylic oxidation sites excluding steroid dienone is 1. The predicted octanol–water partition coefficient (Wildman–Crippen LogP) is 6.74. The molecule has 1 fully saturated rings. The van der Waals surface area contributed by atoms with Gasteiger partial charge >= 0.3 is 0 Å². The number of halogens is 1. The predicted molar refractivity (Wildman–Crippen MR) is 103 cm³/mol. The number of para-hydroxylation sites is 1. The molecule has 138 valence electrons. The van der Waals surface area contributed by atoms with Gasteiger partial charge in [-0.2, -0.15) is 0 Å². The Balaban J connectivity index is 1.42. The Labute approximate surface area is 152 Å². The Morgan fingerprint density at radius 1 is 1.04 bits per heavy atom. The molecule has 0 N–H and O–H groups in total. The van der Waals surface area contributed by atoms with Crippen molar-refractivity contribution < 1.29 is 9.13 Å². The number of hydrogen-bond donors (Lipinski definition) is 0. The monoisotopic (exact) mass is 344 g/mol. The van der Waals surface area contributed by atoms with Crippen molar-refractivity contribution in [2.24, 2.45) is 17.8 Å². The standard InChI is InChI=1S/C23H33FO/c1-2-6-18-9-11-19(12-10-18)20-13-15-21(16-14-20)23(24)17-25-22-7-4-3-5-8-22/h3-5,7-8,15,18-20,23H,2,6,9-14,16-17H2,1H3. The molecule has 1 nitrogen and oxygen atoms in total. The van der Waals surface area contributed by atoms with E-state index in [1.807, 2.05) is 30.3 Å². The first kappa shape index (κ1) is 18.5. The van der Waals surface area contributed by atoms with E-state index in [-0.39, 0.29) is 6.61 Å². The van der Waals surface area contributed by atoms with Gasteiger partial charge in [0.1, 0.15) is 12.4 Å². The van der Waals surface area contributed by atoms with E-state index in [1.54, 1.807) is 0 Å². The maximum Gasteiger partial charge on any atom is 0.155 e. The molecule has 2 unspecified atom stereocenters. The van der Waals surface area contributed by atoms with Crippen LogP contribution in [0.3, 0.4) is 0 Å². The van der Waals surface area contributed by atoms with Gasteiger partial charge in [-0.3, -0.25) is 0 Å². The maximum atomic E-state index is 14.5. The van der Waals surface area contributed by atoms with Crippen LogP contribution < -0.4 is 4.74 Å². The van der Waals surface area contributed by atoms with Crippen LogP contribution in [0, 0.1) is 17.8 Å². The Morgan fingerprint density at radius 3 is 2.44 bits per heavy atom. The van der Waals surface area contributed by atoms with E-state index in [0.29, 0.717) is 0 Å². The highest BCUT2D eigenvalue weighted by atomic mass is 19.1. The number of hydrogen-bond acceptors (Lipinski definition) is 1. The fourth-order valence-electron chi connectivity index (χ4n) is 4.74. The highest BCUT2D eigenvalue weighted by Gasteiger charge is 2.29. The summed E-state index contributed by atoms with van der Waals surface area (Å²) in [5, 5.41) is 0. The first-order chi connectivity index (χ1) is 12.3. The SMILES string of the molecule is CCCC1CCC(C2CC=C(C(F)COc3ccccc3)CC2)CC1. The lowest BCUT2D eigenvalue weighted by Crippen LogP contribution is -2.25. The van der Waals surface area contributed by atoms with Crippen LogP contribution in [0.5, 0.6) is 5.75 Å². The molecule has 2 aliphatic rings. The van der Waals surface area contributed by atoms with E-state index >= 15 is 0 Å². The second-order valence-electron chi connectivity index (χ2n) is 7.97. The second kappa shape index (κ2) is 9.40. The molecular formula is C23H33FO. The van der Waals surface area contributed by atoms with Gasteiger partial charge < -0.3 is 4.74 Å². The summed E-state index contributed by atoms with van der Waals surface area (Å²) in [7, 11) is 0. The van der Waals surface area contributed by atoms with E-state index in [1.165, 1.54) is 44.9 Å². The molecule has 1 saturated carbocycles. The first-order valence-electron chi connectivity index (χ1n) is 10.3.